The van der Waals surface area contributed by atoms with Gasteiger partial charge in [-0.25, -0.2) is 0 Å². The lowest BCUT2D eigenvalue weighted by molar-refractivity contribution is -0.140. The molecule has 0 spiro atoms. The van der Waals surface area contributed by atoms with E-state index < -0.39 is 0 Å². The lowest BCUT2D eigenvalue weighted by Crippen LogP contribution is -2.44. The van der Waals surface area contributed by atoms with Crippen LogP contribution in [0.2, 0.25) is 5.02 Å². The Labute approximate surface area is 183 Å². The number of benzene rings is 2. The fourth-order valence-corrected chi connectivity index (χ4v) is 3.89. The number of amides is 2. The van der Waals surface area contributed by atoms with Crippen molar-refractivity contribution in [3.8, 4) is 5.75 Å². The van der Waals surface area contributed by atoms with Crippen molar-refractivity contribution in [2.45, 2.75) is 25.7 Å². The maximum atomic E-state index is 12.7. The van der Waals surface area contributed by atoms with E-state index in [1.165, 1.54) is 5.56 Å². The van der Waals surface area contributed by atoms with Gasteiger partial charge in [0.1, 0.15) is 12.4 Å². The summed E-state index contributed by atoms with van der Waals surface area (Å²) in [5.41, 5.74) is 1.18. The molecule has 5 nitrogen and oxygen atoms in total. The molecule has 0 unspecified atom stereocenters. The number of piperidine rings is 1. The largest absolute Gasteiger partial charge is 0.492 e. The highest BCUT2D eigenvalue weighted by Gasteiger charge is 2.28. The molecule has 0 bridgehead atoms. The second-order valence-electron chi connectivity index (χ2n) is 7.71. The van der Waals surface area contributed by atoms with Gasteiger partial charge in [0.2, 0.25) is 11.8 Å². The molecular formula is C24H29ClN2O3. The normalized spacial score (nSPS) is 14.4. The number of halogens is 1. The molecule has 1 saturated heterocycles. The summed E-state index contributed by atoms with van der Waals surface area (Å²) in [4.78, 5) is 28.8. The Morgan fingerprint density at radius 3 is 2.53 bits per heavy atom. The van der Waals surface area contributed by atoms with Crippen LogP contribution in [0.5, 0.6) is 5.75 Å². The van der Waals surface area contributed by atoms with Crippen LogP contribution in [0.25, 0.3) is 0 Å². The summed E-state index contributed by atoms with van der Waals surface area (Å²) < 4.78 is 5.68. The van der Waals surface area contributed by atoms with E-state index in [1.807, 2.05) is 47.4 Å². The Balaban J connectivity index is 1.37. The van der Waals surface area contributed by atoms with Crippen LogP contribution in [0.4, 0.5) is 0 Å². The number of aryl methyl sites for hydroxylation is 1. The molecule has 0 aromatic heterocycles. The average molecular weight is 429 g/mol. The lowest BCUT2D eigenvalue weighted by atomic mass is 9.95. The zero-order valence-electron chi connectivity index (χ0n) is 17.4. The van der Waals surface area contributed by atoms with Crippen molar-refractivity contribution in [2.24, 2.45) is 5.92 Å². The molecule has 0 aliphatic carbocycles. The molecule has 30 heavy (non-hydrogen) atoms. The molecule has 0 atom stereocenters. The predicted molar refractivity (Wildman–Crippen MR) is 119 cm³/mol. The van der Waals surface area contributed by atoms with Crippen LogP contribution in [0, 0.1) is 5.92 Å². The Bertz CT molecular complexity index is 835. The van der Waals surface area contributed by atoms with Gasteiger partial charge in [-0.1, -0.05) is 48.0 Å². The molecule has 3 rings (SSSR count). The maximum Gasteiger partial charge on any atom is 0.225 e. The summed E-state index contributed by atoms with van der Waals surface area (Å²) in [5, 5.41) is 0.627. The number of hydrogen-bond acceptors (Lipinski definition) is 3. The molecule has 0 saturated carbocycles. The van der Waals surface area contributed by atoms with Gasteiger partial charge in [-0.15, -0.1) is 0 Å². The summed E-state index contributed by atoms with van der Waals surface area (Å²) >= 11 is 5.95. The quantitative estimate of drug-likeness (QED) is 0.637. The number of rotatable bonds is 8. The van der Waals surface area contributed by atoms with E-state index in [4.69, 9.17) is 16.3 Å². The predicted octanol–water partition coefficient (Wildman–Crippen LogP) is 4.05. The third-order valence-electron chi connectivity index (χ3n) is 5.54. The minimum Gasteiger partial charge on any atom is -0.492 e. The molecule has 1 fully saturated rings. The molecule has 0 N–H and O–H groups in total. The fraction of sp³-hybridized carbons (Fsp3) is 0.417. The van der Waals surface area contributed by atoms with Crippen molar-refractivity contribution in [2.75, 3.05) is 33.3 Å². The minimum absolute atomic E-state index is 0.0284. The number of likely N-dealkylation sites (tertiary alicyclic amines) is 1. The van der Waals surface area contributed by atoms with Crippen molar-refractivity contribution < 1.29 is 14.3 Å². The van der Waals surface area contributed by atoms with Crippen LogP contribution in [0.1, 0.15) is 24.8 Å². The molecular weight excluding hydrogens is 400 g/mol. The minimum atomic E-state index is -0.0284. The van der Waals surface area contributed by atoms with Gasteiger partial charge >= 0.3 is 0 Å². The summed E-state index contributed by atoms with van der Waals surface area (Å²) in [6, 6.07) is 17.3. The monoisotopic (exact) mass is 428 g/mol. The Hall–Kier alpha value is -2.53. The third-order valence-corrected chi connectivity index (χ3v) is 5.77. The zero-order chi connectivity index (χ0) is 21.3. The second-order valence-corrected chi connectivity index (χ2v) is 8.14. The van der Waals surface area contributed by atoms with Crippen molar-refractivity contribution in [1.82, 2.24) is 9.80 Å². The van der Waals surface area contributed by atoms with E-state index in [1.54, 1.807) is 24.1 Å². The molecule has 6 heteroatoms. The van der Waals surface area contributed by atoms with Gasteiger partial charge in [0.25, 0.3) is 0 Å². The van der Waals surface area contributed by atoms with Gasteiger partial charge < -0.3 is 14.5 Å². The molecule has 1 heterocycles. The first kappa shape index (κ1) is 22.2. The molecule has 2 aromatic carbocycles. The van der Waals surface area contributed by atoms with E-state index in [0.29, 0.717) is 43.4 Å². The third kappa shape index (κ3) is 6.49. The Morgan fingerprint density at radius 1 is 1.10 bits per heavy atom. The van der Waals surface area contributed by atoms with Crippen molar-refractivity contribution in [3.63, 3.8) is 0 Å². The fourth-order valence-electron chi connectivity index (χ4n) is 3.71. The molecule has 160 valence electrons. The van der Waals surface area contributed by atoms with Crippen LogP contribution < -0.4 is 4.74 Å². The van der Waals surface area contributed by atoms with Gasteiger partial charge in [0.15, 0.2) is 0 Å². The van der Waals surface area contributed by atoms with Crippen LogP contribution >= 0.6 is 11.6 Å². The smallest absolute Gasteiger partial charge is 0.225 e. The number of carbonyl (C=O) groups excluding carboxylic acids is 2. The van der Waals surface area contributed by atoms with Crippen molar-refractivity contribution >= 4 is 23.4 Å². The van der Waals surface area contributed by atoms with Crippen LogP contribution in [0.15, 0.2) is 54.6 Å². The van der Waals surface area contributed by atoms with Crippen LogP contribution in [-0.4, -0.2) is 54.9 Å². The highest BCUT2D eigenvalue weighted by molar-refractivity contribution is 6.30. The maximum absolute atomic E-state index is 12.7. The lowest BCUT2D eigenvalue weighted by Gasteiger charge is -2.33. The molecule has 1 aliphatic heterocycles. The molecule has 0 radical (unpaired) electrons. The van der Waals surface area contributed by atoms with Gasteiger partial charge in [-0.05, 0) is 43.0 Å². The van der Waals surface area contributed by atoms with E-state index >= 15 is 0 Å². The number of hydrogen-bond donors (Lipinski definition) is 0. The first-order valence-corrected chi connectivity index (χ1v) is 10.9. The Morgan fingerprint density at radius 2 is 1.83 bits per heavy atom. The average Bonchev–Trinajstić information content (AvgIpc) is 2.78. The molecule has 1 aliphatic rings. The van der Waals surface area contributed by atoms with E-state index in [9.17, 15) is 9.59 Å². The van der Waals surface area contributed by atoms with Crippen LogP contribution in [-0.2, 0) is 16.0 Å². The van der Waals surface area contributed by atoms with Gasteiger partial charge in [0, 0.05) is 37.5 Å². The number of carbonyl (C=O) groups is 2. The number of ether oxygens (including phenoxy) is 1. The van der Waals surface area contributed by atoms with Crippen LogP contribution in [0.3, 0.4) is 0 Å². The first-order valence-electron chi connectivity index (χ1n) is 10.5. The highest BCUT2D eigenvalue weighted by atomic mass is 35.5. The first-order chi connectivity index (χ1) is 14.5. The SMILES string of the molecule is CN(CCOc1cccc(Cl)c1)C(=O)C1CCN(C(=O)CCc2ccccc2)CC1. The van der Waals surface area contributed by atoms with Gasteiger partial charge in [-0.2, -0.15) is 0 Å². The summed E-state index contributed by atoms with van der Waals surface area (Å²) in [7, 11) is 1.81. The van der Waals surface area contributed by atoms with Gasteiger partial charge in [0.05, 0.1) is 6.54 Å². The highest BCUT2D eigenvalue weighted by Crippen LogP contribution is 2.21. The Kier molecular flexibility index (Phi) is 8.14. The van der Waals surface area contributed by atoms with Gasteiger partial charge in [-0.3, -0.25) is 9.59 Å². The van der Waals surface area contributed by atoms with E-state index in [-0.39, 0.29) is 17.7 Å². The number of nitrogens with zero attached hydrogens (tertiary/aromatic N) is 2. The van der Waals surface area contributed by atoms with E-state index in [0.717, 1.165) is 19.3 Å². The topological polar surface area (TPSA) is 49.9 Å². The van der Waals surface area contributed by atoms with E-state index in [2.05, 4.69) is 0 Å². The second kappa shape index (κ2) is 11.0. The molecule has 2 aromatic rings. The number of likely N-dealkylation sites (N-methyl/N-ethyl adjacent to an activating group) is 1. The summed E-state index contributed by atoms with van der Waals surface area (Å²) in [6.07, 6.45) is 2.71. The summed E-state index contributed by atoms with van der Waals surface area (Å²) in [5.74, 6) is 0.971. The molecule has 2 amide bonds. The summed E-state index contributed by atoms with van der Waals surface area (Å²) in [6.45, 7) is 2.23. The standard InChI is InChI=1S/C24H29ClN2O3/c1-26(16-17-30-22-9-5-8-21(25)18-22)24(29)20-12-14-27(15-13-20)23(28)11-10-19-6-3-2-4-7-19/h2-9,18,20H,10-17H2,1H3. The van der Waals surface area contributed by atoms with Crippen molar-refractivity contribution in [1.29, 1.82) is 0 Å². The zero-order valence-corrected chi connectivity index (χ0v) is 18.2. The van der Waals surface area contributed by atoms with Crippen molar-refractivity contribution in [3.05, 3.63) is 65.2 Å².